The summed E-state index contributed by atoms with van der Waals surface area (Å²) in [7, 11) is 0. The van der Waals surface area contributed by atoms with Crippen LogP contribution in [0.25, 0.3) is 0 Å². The number of carbonyl (C=O) groups is 1. The first-order chi connectivity index (χ1) is 11.7. The number of hydrazone groups is 1. The fourth-order valence-electron chi connectivity index (χ4n) is 1.79. The van der Waals surface area contributed by atoms with Gasteiger partial charge in [0.1, 0.15) is 17.3 Å². The maximum atomic E-state index is 13.0. The highest BCUT2D eigenvalue weighted by Crippen LogP contribution is 2.12. The molecule has 0 fully saturated rings. The summed E-state index contributed by atoms with van der Waals surface area (Å²) in [5, 5.41) is 3.84. The molecule has 0 bridgehead atoms. The minimum atomic E-state index is -0.432. The first-order valence-corrected chi connectivity index (χ1v) is 7.60. The highest BCUT2D eigenvalue weighted by molar-refractivity contribution is 5.83. The normalized spacial score (nSPS) is 10.6. The van der Waals surface area contributed by atoms with Crippen molar-refractivity contribution < 1.29 is 18.7 Å². The smallest absolute Gasteiger partial charge is 0.277 e. The minimum absolute atomic E-state index is 0.245. The number of hydrogen-bond acceptors (Lipinski definition) is 4. The Kier molecular flexibility index (Phi) is 6.76. The predicted molar refractivity (Wildman–Crippen MR) is 89.9 cm³/mol. The second-order valence-corrected chi connectivity index (χ2v) is 4.96. The Bertz CT molecular complexity index is 687. The number of carbonyl (C=O) groups excluding carboxylic acids is 1. The molecule has 0 spiro atoms. The van der Waals surface area contributed by atoms with Gasteiger partial charge in [-0.05, 0) is 48.4 Å². The second-order valence-electron chi connectivity index (χ2n) is 4.96. The van der Waals surface area contributed by atoms with Gasteiger partial charge in [-0.15, -0.1) is 0 Å². The summed E-state index contributed by atoms with van der Waals surface area (Å²) in [6, 6.07) is 12.9. The van der Waals surface area contributed by atoms with Crippen LogP contribution in [0.2, 0.25) is 0 Å². The van der Waals surface area contributed by atoms with E-state index in [4.69, 9.17) is 9.47 Å². The van der Waals surface area contributed by atoms with Crippen molar-refractivity contribution in [2.45, 2.75) is 13.3 Å². The predicted octanol–water partition coefficient (Wildman–Crippen LogP) is 3.14. The average molecular weight is 330 g/mol. The van der Waals surface area contributed by atoms with Crippen LogP contribution in [0.15, 0.2) is 53.6 Å². The molecule has 2 aromatic rings. The van der Waals surface area contributed by atoms with Gasteiger partial charge in [-0.1, -0.05) is 13.0 Å². The molecule has 0 aliphatic carbocycles. The molecule has 0 aromatic heterocycles. The third kappa shape index (κ3) is 6.08. The Morgan fingerprint density at radius 2 is 1.96 bits per heavy atom. The van der Waals surface area contributed by atoms with Crippen LogP contribution in [0.4, 0.5) is 4.39 Å². The van der Waals surface area contributed by atoms with Crippen molar-refractivity contribution in [1.82, 2.24) is 5.43 Å². The van der Waals surface area contributed by atoms with Gasteiger partial charge in [-0.3, -0.25) is 4.79 Å². The molecular weight excluding hydrogens is 311 g/mol. The molecule has 24 heavy (non-hydrogen) atoms. The van der Waals surface area contributed by atoms with Crippen molar-refractivity contribution in [3.63, 3.8) is 0 Å². The third-order valence-corrected chi connectivity index (χ3v) is 2.92. The highest BCUT2D eigenvalue weighted by atomic mass is 19.1. The van der Waals surface area contributed by atoms with E-state index in [0.29, 0.717) is 6.61 Å². The zero-order valence-electron chi connectivity index (χ0n) is 13.4. The molecule has 0 saturated heterocycles. The van der Waals surface area contributed by atoms with Crippen LogP contribution in [0.5, 0.6) is 11.5 Å². The van der Waals surface area contributed by atoms with E-state index in [9.17, 15) is 9.18 Å². The standard InChI is InChI=1S/C18H19FN2O3/c1-2-10-23-16-8-6-14(7-9-16)12-20-21-18(22)13-24-17-5-3-4-15(19)11-17/h3-9,11-12H,2,10,13H2,1H3,(H,21,22)/b20-12-. The van der Waals surface area contributed by atoms with E-state index in [0.717, 1.165) is 17.7 Å². The van der Waals surface area contributed by atoms with Crippen molar-refractivity contribution in [2.75, 3.05) is 13.2 Å². The van der Waals surface area contributed by atoms with Gasteiger partial charge in [0, 0.05) is 6.07 Å². The molecule has 0 atom stereocenters. The van der Waals surface area contributed by atoms with Crippen molar-refractivity contribution in [1.29, 1.82) is 0 Å². The molecule has 0 saturated carbocycles. The summed E-state index contributed by atoms with van der Waals surface area (Å²) >= 11 is 0. The van der Waals surface area contributed by atoms with E-state index >= 15 is 0 Å². The average Bonchev–Trinajstić information content (AvgIpc) is 2.59. The summed E-state index contributed by atoms with van der Waals surface area (Å²) in [5.74, 6) is 0.231. The number of halogens is 1. The molecule has 1 N–H and O–H groups in total. The maximum absolute atomic E-state index is 13.0. The van der Waals surface area contributed by atoms with E-state index in [2.05, 4.69) is 10.5 Å². The van der Waals surface area contributed by atoms with Crippen LogP contribution in [0.3, 0.4) is 0 Å². The van der Waals surface area contributed by atoms with Gasteiger partial charge < -0.3 is 9.47 Å². The first kappa shape index (κ1) is 17.5. The number of ether oxygens (including phenoxy) is 2. The van der Waals surface area contributed by atoms with E-state index < -0.39 is 11.7 Å². The van der Waals surface area contributed by atoms with E-state index in [1.165, 1.54) is 24.4 Å². The molecule has 2 aromatic carbocycles. The Labute approximate surface area is 140 Å². The zero-order chi connectivity index (χ0) is 17.2. The number of amides is 1. The SMILES string of the molecule is CCCOc1ccc(/C=N\NC(=O)COc2cccc(F)c2)cc1. The fraction of sp³-hybridized carbons (Fsp3) is 0.222. The Balaban J connectivity index is 1.75. The van der Waals surface area contributed by atoms with Gasteiger partial charge in [-0.25, -0.2) is 9.82 Å². The van der Waals surface area contributed by atoms with Gasteiger partial charge in [0.05, 0.1) is 12.8 Å². The molecule has 126 valence electrons. The number of rotatable bonds is 8. The van der Waals surface area contributed by atoms with E-state index in [-0.39, 0.29) is 12.4 Å². The molecule has 0 aliphatic rings. The molecule has 6 heteroatoms. The van der Waals surface area contributed by atoms with Gasteiger partial charge in [0.15, 0.2) is 6.61 Å². The number of nitrogens with zero attached hydrogens (tertiary/aromatic N) is 1. The second kappa shape index (κ2) is 9.29. The first-order valence-electron chi connectivity index (χ1n) is 7.60. The lowest BCUT2D eigenvalue weighted by molar-refractivity contribution is -0.123. The quantitative estimate of drug-likeness (QED) is 0.597. The van der Waals surface area contributed by atoms with Crippen molar-refractivity contribution in [3.05, 3.63) is 59.9 Å². The van der Waals surface area contributed by atoms with Gasteiger partial charge >= 0.3 is 0 Å². The molecule has 0 aliphatic heterocycles. The van der Waals surface area contributed by atoms with Crippen molar-refractivity contribution >= 4 is 12.1 Å². The monoisotopic (exact) mass is 330 g/mol. The molecule has 2 rings (SSSR count). The van der Waals surface area contributed by atoms with Crippen LogP contribution in [-0.4, -0.2) is 25.3 Å². The molecule has 0 radical (unpaired) electrons. The molecule has 0 unspecified atom stereocenters. The molecule has 1 amide bonds. The van der Waals surface area contributed by atoms with Crippen LogP contribution in [0.1, 0.15) is 18.9 Å². The third-order valence-electron chi connectivity index (χ3n) is 2.92. The lowest BCUT2D eigenvalue weighted by atomic mass is 10.2. The summed E-state index contributed by atoms with van der Waals surface area (Å²) in [4.78, 5) is 11.6. The number of nitrogens with one attached hydrogen (secondary N) is 1. The summed E-state index contributed by atoms with van der Waals surface area (Å²) < 4.78 is 23.6. The lowest BCUT2D eigenvalue weighted by Crippen LogP contribution is -2.24. The Morgan fingerprint density at radius 1 is 1.17 bits per heavy atom. The Morgan fingerprint density at radius 3 is 2.67 bits per heavy atom. The van der Waals surface area contributed by atoms with Gasteiger partial charge in [-0.2, -0.15) is 5.10 Å². The van der Waals surface area contributed by atoms with Crippen molar-refractivity contribution in [2.24, 2.45) is 5.10 Å². The number of benzene rings is 2. The number of hydrogen-bond donors (Lipinski definition) is 1. The van der Waals surface area contributed by atoms with E-state index in [1.54, 1.807) is 6.07 Å². The van der Waals surface area contributed by atoms with Crippen LogP contribution in [-0.2, 0) is 4.79 Å². The van der Waals surface area contributed by atoms with Crippen LogP contribution >= 0.6 is 0 Å². The van der Waals surface area contributed by atoms with E-state index in [1.807, 2.05) is 31.2 Å². The zero-order valence-corrected chi connectivity index (χ0v) is 13.4. The lowest BCUT2D eigenvalue weighted by Gasteiger charge is -2.05. The minimum Gasteiger partial charge on any atom is -0.494 e. The molecule has 5 nitrogen and oxygen atoms in total. The largest absolute Gasteiger partial charge is 0.494 e. The highest BCUT2D eigenvalue weighted by Gasteiger charge is 2.02. The van der Waals surface area contributed by atoms with Crippen LogP contribution < -0.4 is 14.9 Å². The van der Waals surface area contributed by atoms with Gasteiger partial charge in [0.2, 0.25) is 0 Å². The summed E-state index contributed by atoms with van der Waals surface area (Å²) in [5.41, 5.74) is 3.17. The van der Waals surface area contributed by atoms with Crippen molar-refractivity contribution in [3.8, 4) is 11.5 Å². The van der Waals surface area contributed by atoms with Gasteiger partial charge in [0.25, 0.3) is 5.91 Å². The fourth-order valence-corrected chi connectivity index (χ4v) is 1.79. The topological polar surface area (TPSA) is 59.9 Å². The molecular formula is C18H19FN2O3. The maximum Gasteiger partial charge on any atom is 0.277 e. The summed E-state index contributed by atoms with van der Waals surface area (Å²) in [6.45, 7) is 2.47. The summed E-state index contributed by atoms with van der Waals surface area (Å²) in [6.07, 6.45) is 2.47. The van der Waals surface area contributed by atoms with Crippen LogP contribution in [0, 0.1) is 5.82 Å². The Hall–Kier alpha value is -2.89. The molecule has 0 heterocycles.